The Bertz CT molecular complexity index is 1540. The summed E-state index contributed by atoms with van der Waals surface area (Å²) in [7, 11) is 1.75. The average Bonchev–Trinajstić information content (AvgIpc) is 3.63. The smallest absolute Gasteiger partial charge is 0.274 e. The van der Waals surface area contributed by atoms with Gasteiger partial charge in [-0.3, -0.25) is 20.6 Å². The molecule has 1 fully saturated rings. The van der Waals surface area contributed by atoms with Crippen LogP contribution in [0.3, 0.4) is 0 Å². The minimum atomic E-state index is -0.127. The molecular weight excluding hydrogens is 464 g/mol. The van der Waals surface area contributed by atoms with E-state index in [2.05, 4.69) is 55.4 Å². The van der Waals surface area contributed by atoms with Crippen LogP contribution < -0.4 is 21.1 Å². The number of H-pyrrole nitrogens is 1. The fourth-order valence-corrected chi connectivity index (χ4v) is 4.50. The molecule has 0 spiro atoms. The van der Waals surface area contributed by atoms with E-state index in [1.807, 2.05) is 30.3 Å². The normalized spacial score (nSPS) is 13.6. The minimum Gasteiger partial charge on any atom is -0.350 e. The molecule has 1 saturated heterocycles. The lowest BCUT2D eigenvalue weighted by atomic mass is 10.0. The molecule has 0 atom stereocenters. The lowest BCUT2D eigenvalue weighted by Crippen LogP contribution is -2.26. The van der Waals surface area contributed by atoms with E-state index in [0.29, 0.717) is 23.3 Å². The number of carbonyl (C=O) groups is 1. The van der Waals surface area contributed by atoms with Gasteiger partial charge in [-0.05, 0) is 48.0 Å². The first kappa shape index (κ1) is 22.8. The number of nitrogens with zero attached hydrogens (tertiary/aromatic N) is 4. The Hall–Kier alpha value is -4.60. The van der Waals surface area contributed by atoms with E-state index < -0.39 is 0 Å². The van der Waals surface area contributed by atoms with Crippen LogP contribution in [0.4, 0.5) is 17.2 Å². The first-order valence-corrected chi connectivity index (χ1v) is 12.1. The number of anilines is 3. The number of hydrazine groups is 1. The van der Waals surface area contributed by atoms with Crippen molar-refractivity contribution in [2.45, 2.75) is 5.92 Å². The molecule has 6 rings (SSSR count). The molecule has 4 N–H and O–H groups in total. The number of aromatic nitrogens is 4. The molecule has 0 saturated carbocycles. The van der Waals surface area contributed by atoms with Gasteiger partial charge in [0.05, 0.1) is 0 Å². The second-order valence-corrected chi connectivity index (χ2v) is 9.03. The minimum absolute atomic E-state index is 0.127. The Balaban J connectivity index is 1.21. The Morgan fingerprint density at radius 1 is 0.946 bits per heavy atom. The average molecular weight is 491 g/mol. The van der Waals surface area contributed by atoms with Crippen molar-refractivity contribution < 1.29 is 4.79 Å². The molecule has 0 unspecified atom stereocenters. The van der Waals surface area contributed by atoms with Crippen LogP contribution in [-0.2, 0) is 0 Å². The summed E-state index contributed by atoms with van der Waals surface area (Å²) >= 11 is 0. The number of amides is 1. The van der Waals surface area contributed by atoms with Gasteiger partial charge in [0.15, 0.2) is 5.82 Å². The Morgan fingerprint density at radius 2 is 1.73 bits per heavy atom. The van der Waals surface area contributed by atoms with E-state index in [9.17, 15) is 4.79 Å². The van der Waals surface area contributed by atoms with Crippen LogP contribution in [-0.4, -0.2) is 46.0 Å². The maximum absolute atomic E-state index is 13.0. The molecule has 2 aromatic carbocycles. The zero-order valence-electron chi connectivity index (χ0n) is 20.3. The number of pyridine rings is 1. The van der Waals surface area contributed by atoms with Crippen molar-refractivity contribution in [3.63, 3.8) is 0 Å². The van der Waals surface area contributed by atoms with Crippen molar-refractivity contribution >= 4 is 34.0 Å². The van der Waals surface area contributed by atoms with E-state index in [1.54, 1.807) is 42.7 Å². The number of fused-ring (bicyclic) bond motifs is 1. The van der Waals surface area contributed by atoms with Crippen LogP contribution in [0.1, 0.15) is 22.0 Å². The van der Waals surface area contributed by atoms with Gasteiger partial charge in [-0.15, -0.1) is 0 Å². The van der Waals surface area contributed by atoms with Crippen molar-refractivity contribution in [1.82, 2.24) is 30.8 Å². The maximum Gasteiger partial charge on any atom is 0.274 e. The van der Waals surface area contributed by atoms with Crippen molar-refractivity contribution in [3.8, 4) is 11.4 Å². The van der Waals surface area contributed by atoms with Crippen LogP contribution in [0.15, 0.2) is 85.3 Å². The molecule has 37 heavy (non-hydrogen) atoms. The summed E-state index contributed by atoms with van der Waals surface area (Å²) in [6, 6.07) is 21.7. The SMILES string of the molecule is CN(C(=O)c1cc2ccc(-c3nccc(Nc4ccc(C5CNNC5)cc4)n3)cc2[nH]1)c1ccncc1. The summed E-state index contributed by atoms with van der Waals surface area (Å²) in [5.74, 6) is 1.67. The third kappa shape index (κ3) is 4.77. The molecular formula is C28H26N8O. The standard InChI is InChI=1S/C28H26N8O/c1-36(23-8-11-29-12-9-23)28(37)25-14-19-2-3-20(15-24(19)34-25)27-30-13-10-26(35-27)33-22-6-4-18(5-7-22)21-16-31-32-17-21/h2-15,21,31-32,34H,16-17H2,1H3,(H,30,33,35). The Labute approximate surface area is 214 Å². The molecule has 184 valence electrons. The predicted octanol–water partition coefficient (Wildman–Crippen LogP) is 4.23. The van der Waals surface area contributed by atoms with Crippen molar-refractivity contribution in [3.05, 3.63) is 96.6 Å². The van der Waals surface area contributed by atoms with Crippen molar-refractivity contribution in [2.75, 3.05) is 30.4 Å². The molecule has 4 heterocycles. The molecule has 0 radical (unpaired) electrons. The lowest BCUT2D eigenvalue weighted by Gasteiger charge is -2.15. The highest BCUT2D eigenvalue weighted by Crippen LogP contribution is 2.26. The highest BCUT2D eigenvalue weighted by molar-refractivity contribution is 6.07. The van der Waals surface area contributed by atoms with E-state index in [1.165, 1.54) is 5.56 Å². The molecule has 0 bridgehead atoms. The largest absolute Gasteiger partial charge is 0.350 e. The molecule has 1 aliphatic heterocycles. The second kappa shape index (κ2) is 9.81. The quantitative estimate of drug-likeness (QED) is 0.282. The first-order chi connectivity index (χ1) is 18.1. The van der Waals surface area contributed by atoms with Gasteiger partial charge in [-0.2, -0.15) is 0 Å². The number of nitrogens with one attached hydrogen (secondary N) is 4. The van der Waals surface area contributed by atoms with E-state index in [-0.39, 0.29) is 5.91 Å². The van der Waals surface area contributed by atoms with Gasteiger partial charge in [0.2, 0.25) is 0 Å². The van der Waals surface area contributed by atoms with Gasteiger partial charge in [-0.25, -0.2) is 9.97 Å². The summed E-state index contributed by atoms with van der Waals surface area (Å²) in [6.07, 6.45) is 5.08. The molecule has 5 aromatic rings. The van der Waals surface area contributed by atoms with Gasteiger partial charge in [0.25, 0.3) is 5.91 Å². The van der Waals surface area contributed by atoms with Crippen LogP contribution in [0.2, 0.25) is 0 Å². The predicted molar refractivity (Wildman–Crippen MR) is 145 cm³/mol. The molecule has 0 aliphatic carbocycles. The van der Waals surface area contributed by atoms with Crippen LogP contribution in [0.25, 0.3) is 22.3 Å². The Kier molecular flexibility index (Phi) is 6.05. The van der Waals surface area contributed by atoms with E-state index in [4.69, 9.17) is 4.98 Å². The van der Waals surface area contributed by atoms with Crippen molar-refractivity contribution in [2.24, 2.45) is 0 Å². The number of carbonyl (C=O) groups excluding carboxylic acids is 1. The fourth-order valence-electron chi connectivity index (χ4n) is 4.50. The summed E-state index contributed by atoms with van der Waals surface area (Å²) in [5, 5.41) is 4.31. The highest BCUT2D eigenvalue weighted by Gasteiger charge is 2.17. The summed E-state index contributed by atoms with van der Waals surface area (Å²) in [4.78, 5) is 31.1. The summed E-state index contributed by atoms with van der Waals surface area (Å²) in [5.41, 5.74) is 11.6. The fraction of sp³-hybridized carbons (Fsp3) is 0.143. The van der Waals surface area contributed by atoms with Crippen LogP contribution in [0.5, 0.6) is 0 Å². The van der Waals surface area contributed by atoms with Crippen LogP contribution in [0, 0.1) is 0 Å². The van der Waals surface area contributed by atoms with Gasteiger partial charge in [0.1, 0.15) is 11.5 Å². The van der Waals surface area contributed by atoms with Gasteiger partial charge in [-0.1, -0.05) is 24.3 Å². The number of hydrogen-bond acceptors (Lipinski definition) is 7. The Morgan fingerprint density at radius 3 is 2.51 bits per heavy atom. The molecule has 1 aliphatic rings. The first-order valence-electron chi connectivity index (χ1n) is 12.1. The van der Waals surface area contributed by atoms with E-state index >= 15 is 0 Å². The number of hydrogen-bond donors (Lipinski definition) is 4. The second-order valence-electron chi connectivity index (χ2n) is 9.03. The lowest BCUT2D eigenvalue weighted by molar-refractivity contribution is 0.0989. The van der Waals surface area contributed by atoms with Crippen LogP contribution >= 0.6 is 0 Å². The van der Waals surface area contributed by atoms with Crippen molar-refractivity contribution in [1.29, 1.82) is 0 Å². The summed E-state index contributed by atoms with van der Waals surface area (Å²) in [6.45, 7) is 1.87. The van der Waals surface area contributed by atoms with Gasteiger partial charge in [0, 0.05) is 72.5 Å². The maximum atomic E-state index is 13.0. The van der Waals surface area contributed by atoms with Gasteiger partial charge < -0.3 is 15.2 Å². The molecule has 1 amide bonds. The topological polar surface area (TPSA) is 111 Å². The third-order valence-electron chi connectivity index (χ3n) is 6.60. The highest BCUT2D eigenvalue weighted by atomic mass is 16.2. The van der Waals surface area contributed by atoms with E-state index in [0.717, 1.165) is 40.9 Å². The molecule has 9 heteroatoms. The molecule has 9 nitrogen and oxygen atoms in total. The number of rotatable bonds is 6. The number of aromatic amines is 1. The monoisotopic (exact) mass is 490 g/mol. The molecule has 3 aromatic heterocycles. The zero-order chi connectivity index (χ0) is 25.2. The third-order valence-corrected chi connectivity index (χ3v) is 6.60. The van der Waals surface area contributed by atoms with Gasteiger partial charge >= 0.3 is 0 Å². The summed E-state index contributed by atoms with van der Waals surface area (Å²) < 4.78 is 0. The zero-order valence-corrected chi connectivity index (χ0v) is 20.3. The number of benzene rings is 2.